The molecule has 26 heavy (non-hydrogen) atoms. The lowest BCUT2D eigenvalue weighted by molar-refractivity contribution is 0.0528. The minimum atomic E-state index is -0.466. The summed E-state index contributed by atoms with van der Waals surface area (Å²) in [5, 5.41) is 6.07. The summed E-state index contributed by atoms with van der Waals surface area (Å²) in [7, 11) is 0. The first-order valence-electron chi connectivity index (χ1n) is 8.90. The van der Waals surface area contributed by atoms with Crippen LogP contribution in [0.3, 0.4) is 0 Å². The van der Waals surface area contributed by atoms with E-state index in [0.29, 0.717) is 13.2 Å². The summed E-state index contributed by atoms with van der Waals surface area (Å²) in [5.41, 5.74) is 1.70. The van der Waals surface area contributed by atoms with Gasteiger partial charge >= 0.3 is 6.09 Å². The molecule has 0 unspecified atom stereocenters. The predicted octanol–water partition coefficient (Wildman–Crippen LogP) is 4.59. The Bertz CT molecular complexity index is 664. The Hall–Kier alpha value is -2.69. The summed E-state index contributed by atoms with van der Waals surface area (Å²) < 4.78 is 11.0. The molecule has 0 heterocycles. The molecule has 0 saturated carbocycles. The summed E-state index contributed by atoms with van der Waals surface area (Å²) in [5.74, 6) is 0.839. The molecule has 2 aromatic carbocycles. The lowest BCUT2D eigenvalue weighted by Gasteiger charge is -2.19. The largest absolute Gasteiger partial charge is 0.489 e. The standard InChI is InChI=1S/C21H28N2O3/c1-21(2,3)26-20(24)23-15-7-14-22-18-10-12-19(13-11-18)25-16-17-8-5-4-6-9-17/h4-6,8-13,22H,7,14-16H2,1-3H3,(H,23,24). The summed E-state index contributed by atoms with van der Waals surface area (Å²) >= 11 is 0. The van der Waals surface area contributed by atoms with E-state index >= 15 is 0 Å². The summed E-state index contributed by atoms with van der Waals surface area (Å²) in [6.45, 7) is 7.44. The minimum absolute atomic E-state index is 0.377. The molecule has 0 aliphatic rings. The van der Waals surface area contributed by atoms with E-state index in [9.17, 15) is 4.79 Å². The molecule has 0 saturated heterocycles. The van der Waals surface area contributed by atoms with Crippen LogP contribution in [0.1, 0.15) is 32.8 Å². The Morgan fingerprint density at radius 1 is 0.962 bits per heavy atom. The maximum atomic E-state index is 11.5. The highest BCUT2D eigenvalue weighted by atomic mass is 16.6. The number of anilines is 1. The van der Waals surface area contributed by atoms with Crippen molar-refractivity contribution in [3.8, 4) is 5.75 Å². The summed E-state index contributed by atoms with van der Waals surface area (Å²) in [6, 6.07) is 18.0. The van der Waals surface area contributed by atoms with Gasteiger partial charge in [-0.05, 0) is 57.0 Å². The quantitative estimate of drug-likeness (QED) is 0.679. The van der Waals surface area contributed by atoms with Crippen molar-refractivity contribution in [1.29, 1.82) is 0 Å². The second-order valence-electron chi connectivity index (χ2n) is 7.01. The van der Waals surface area contributed by atoms with Crippen molar-refractivity contribution in [2.45, 2.75) is 39.4 Å². The number of hydrogen-bond donors (Lipinski definition) is 2. The van der Waals surface area contributed by atoms with E-state index in [1.807, 2.05) is 75.4 Å². The minimum Gasteiger partial charge on any atom is -0.489 e. The molecule has 140 valence electrons. The second kappa shape index (κ2) is 9.70. The molecule has 0 fully saturated rings. The number of alkyl carbamates (subject to hydrolysis) is 1. The van der Waals surface area contributed by atoms with E-state index in [-0.39, 0.29) is 6.09 Å². The molecule has 2 N–H and O–H groups in total. The van der Waals surface area contributed by atoms with Crippen LogP contribution in [0.2, 0.25) is 0 Å². The maximum Gasteiger partial charge on any atom is 0.407 e. The molecule has 0 spiro atoms. The number of amides is 1. The van der Waals surface area contributed by atoms with Crippen LogP contribution in [-0.2, 0) is 11.3 Å². The Morgan fingerprint density at radius 3 is 2.31 bits per heavy atom. The lowest BCUT2D eigenvalue weighted by atomic mass is 10.2. The Balaban J connectivity index is 1.62. The molecule has 1 amide bonds. The van der Waals surface area contributed by atoms with Crippen molar-refractivity contribution >= 4 is 11.8 Å². The van der Waals surface area contributed by atoms with Gasteiger partial charge in [0.1, 0.15) is 18.0 Å². The van der Waals surface area contributed by atoms with Crippen LogP contribution < -0.4 is 15.4 Å². The SMILES string of the molecule is CC(C)(C)OC(=O)NCCCNc1ccc(OCc2ccccc2)cc1. The molecule has 0 aliphatic heterocycles. The van der Waals surface area contributed by atoms with Crippen molar-refractivity contribution in [2.24, 2.45) is 0 Å². The number of nitrogens with one attached hydrogen (secondary N) is 2. The third-order valence-electron chi connectivity index (χ3n) is 3.45. The first-order chi connectivity index (χ1) is 12.4. The Labute approximate surface area is 155 Å². The normalized spacial score (nSPS) is 10.9. The van der Waals surface area contributed by atoms with Gasteiger partial charge in [-0.3, -0.25) is 0 Å². The van der Waals surface area contributed by atoms with Gasteiger partial charge in [0.15, 0.2) is 0 Å². The summed E-state index contributed by atoms with van der Waals surface area (Å²) in [4.78, 5) is 11.5. The number of carbonyl (C=O) groups is 1. The number of carbonyl (C=O) groups excluding carboxylic acids is 1. The van der Waals surface area contributed by atoms with Gasteiger partial charge in [0.2, 0.25) is 0 Å². The lowest BCUT2D eigenvalue weighted by Crippen LogP contribution is -2.33. The van der Waals surface area contributed by atoms with E-state index in [1.54, 1.807) is 0 Å². The van der Waals surface area contributed by atoms with Crippen LogP contribution in [0.4, 0.5) is 10.5 Å². The first kappa shape index (κ1) is 19.6. The molecule has 0 aromatic heterocycles. The van der Waals surface area contributed by atoms with E-state index in [4.69, 9.17) is 9.47 Å². The third-order valence-corrected chi connectivity index (χ3v) is 3.45. The van der Waals surface area contributed by atoms with E-state index < -0.39 is 5.60 Å². The molecule has 2 rings (SSSR count). The van der Waals surface area contributed by atoms with Crippen LogP contribution in [0.5, 0.6) is 5.75 Å². The zero-order valence-electron chi connectivity index (χ0n) is 15.7. The van der Waals surface area contributed by atoms with Gasteiger partial charge in [0, 0.05) is 18.8 Å². The topological polar surface area (TPSA) is 59.6 Å². The maximum absolute atomic E-state index is 11.5. The van der Waals surface area contributed by atoms with Crippen LogP contribution in [0, 0.1) is 0 Å². The number of ether oxygens (including phenoxy) is 2. The van der Waals surface area contributed by atoms with Crippen LogP contribution in [-0.4, -0.2) is 24.8 Å². The van der Waals surface area contributed by atoms with Gasteiger partial charge < -0.3 is 20.1 Å². The van der Waals surface area contributed by atoms with Crippen molar-refractivity contribution in [3.05, 3.63) is 60.2 Å². The smallest absolute Gasteiger partial charge is 0.407 e. The van der Waals surface area contributed by atoms with E-state index in [0.717, 1.165) is 30.0 Å². The molecule has 0 atom stereocenters. The van der Waals surface area contributed by atoms with Crippen molar-refractivity contribution in [1.82, 2.24) is 5.32 Å². The van der Waals surface area contributed by atoms with Gasteiger partial charge in [-0.25, -0.2) is 4.79 Å². The Kier molecular flexibility index (Phi) is 7.33. The zero-order chi connectivity index (χ0) is 18.8. The predicted molar refractivity (Wildman–Crippen MR) is 105 cm³/mol. The monoisotopic (exact) mass is 356 g/mol. The Morgan fingerprint density at radius 2 is 1.65 bits per heavy atom. The highest BCUT2D eigenvalue weighted by molar-refractivity contribution is 5.67. The van der Waals surface area contributed by atoms with Gasteiger partial charge in [-0.1, -0.05) is 30.3 Å². The van der Waals surface area contributed by atoms with E-state index in [1.165, 1.54) is 0 Å². The fourth-order valence-electron chi connectivity index (χ4n) is 2.24. The molecule has 2 aromatic rings. The number of benzene rings is 2. The van der Waals surface area contributed by atoms with Gasteiger partial charge in [-0.15, -0.1) is 0 Å². The molecule has 0 bridgehead atoms. The highest BCUT2D eigenvalue weighted by Gasteiger charge is 2.15. The number of rotatable bonds is 8. The molecular weight excluding hydrogens is 328 g/mol. The average molecular weight is 356 g/mol. The van der Waals surface area contributed by atoms with Crippen LogP contribution in [0.15, 0.2) is 54.6 Å². The van der Waals surface area contributed by atoms with Crippen LogP contribution >= 0.6 is 0 Å². The average Bonchev–Trinajstić information content (AvgIpc) is 2.60. The van der Waals surface area contributed by atoms with E-state index in [2.05, 4.69) is 10.6 Å². The molecule has 0 radical (unpaired) electrons. The third kappa shape index (κ3) is 7.92. The molecule has 5 nitrogen and oxygen atoms in total. The fourth-order valence-corrected chi connectivity index (χ4v) is 2.24. The van der Waals surface area contributed by atoms with Crippen molar-refractivity contribution in [3.63, 3.8) is 0 Å². The zero-order valence-corrected chi connectivity index (χ0v) is 15.7. The molecule has 5 heteroatoms. The molecule has 0 aliphatic carbocycles. The number of hydrogen-bond acceptors (Lipinski definition) is 4. The van der Waals surface area contributed by atoms with Gasteiger partial charge in [-0.2, -0.15) is 0 Å². The highest BCUT2D eigenvalue weighted by Crippen LogP contribution is 2.17. The van der Waals surface area contributed by atoms with Crippen LogP contribution in [0.25, 0.3) is 0 Å². The van der Waals surface area contributed by atoms with Gasteiger partial charge in [0.05, 0.1) is 0 Å². The summed E-state index contributed by atoms with van der Waals surface area (Å²) in [6.07, 6.45) is 0.434. The second-order valence-corrected chi connectivity index (χ2v) is 7.01. The molecular formula is C21H28N2O3. The van der Waals surface area contributed by atoms with Gasteiger partial charge in [0.25, 0.3) is 0 Å². The van der Waals surface area contributed by atoms with Crippen molar-refractivity contribution in [2.75, 3.05) is 18.4 Å². The fraction of sp³-hybridized carbons (Fsp3) is 0.381. The van der Waals surface area contributed by atoms with Crippen molar-refractivity contribution < 1.29 is 14.3 Å². The first-order valence-corrected chi connectivity index (χ1v) is 8.90.